The molecule has 1 aromatic carbocycles. The molecule has 0 saturated heterocycles. The molecular formula is C22H24N2O8S2. The minimum atomic E-state index is -3.69. The highest BCUT2D eigenvalue weighted by atomic mass is 32.2. The van der Waals surface area contributed by atoms with Gasteiger partial charge in [0.05, 0.1) is 35.1 Å². The molecule has 1 N–H and O–H groups in total. The number of carbonyl (C=O) groups is 4. The first kappa shape index (κ1) is 25.4. The minimum Gasteiger partial charge on any atom is -0.462 e. The lowest BCUT2D eigenvalue weighted by atomic mass is 10.1. The van der Waals surface area contributed by atoms with Crippen LogP contribution in [0.2, 0.25) is 0 Å². The molecule has 1 aliphatic heterocycles. The van der Waals surface area contributed by atoms with Crippen molar-refractivity contribution in [2.45, 2.75) is 32.1 Å². The maximum absolute atomic E-state index is 12.9. The van der Waals surface area contributed by atoms with Gasteiger partial charge in [0.2, 0.25) is 11.8 Å². The van der Waals surface area contributed by atoms with Crippen molar-refractivity contribution in [3.63, 3.8) is 0 Å². The van der Waals surface area contributed by atoms with Gasteiger partial charge in [-0.25, -0.2) is 18.0 Å². The van der Waals surface area contributed by atoms with Crippen LogP contribution in [-0.4, -0.2) is 57.7 Å². The molecule has 182 valence electrons. The van der Waals surface area contributed by atoms with Crippen LogP contribution in [0.25, 0.3) is 0 Å². The van der Waals surface area contributed by atoms with Gasteiger partial charge in [0.15, 0.2) is 9.84 Å². The normalized spacial score (nSPS) is 14.7. The van der Waals surface area contributed by atoms with Gasteiger partial charge in [-0.3, -0.25) is 9.59 Å². The second-order valence-corrected chi connectivity index (χ2v) is 10.4. The number of sulfone groups is 1. The smallest absolute Gasteiger partial charge is 0.348 e. The first-order chi connectivity index (χ1) is 16.1. The molecule has 0 aliphatic carbocycles. The number of nitrogens with one attached hydrogen (secondary N) is 1. The van der Waals surface area contributed by atoms with E-state index in [1.807, 2.05) is 0 Å². The summed E-state index contributed by atoms with van der Waals surface area (Å²) in [7, 11) is -3.69. The van der Waals surface area contributed by atoms with Gasteiger partial charge in [0.25, 0.3) is 0 Å². The lowest BCUT2D eigenvalue weighted by Crippen LogP contribution is -2.38. The number of ether oxygens (including phenoxy) is 2. The van der Waals surface area contributed by atoms with E-state index in [1.54, 1.807) is 32.9 Å². The molecule has 1 aliphatic rings. The molecule has 0 saturated carbocycles. The summed E-state index contributed by atoms with van der Waals surface area (Å²) in [6, 6.07) is 5.97. The molecule has 0 fully saturated rings. The molecule has 34 heavy (non-hydrogen) atoms. The number of fused-ring (bicyclic) bond motifs is 1. The van der Waals surface area contributed by atoms with Gasteiger partial charge in [-0.2, -0.15) is 0 Å². The SMILES string of the molecule is CCOC(=O)c1sc(NC(=O)CN2C(=O)CCS(=O)(=O)c3ccccc32)c(C(=O)OCC)c1C. The molecular weight excluding hydrogens is 484 g/mol. The number of hydrogen-bond acceptors (Lipinski definition) is 9. The Morgan fingerprint density at radius 2 is 1.74 bits per heavy atom. The van der Waals surface area contributed by atoms with E-state index < -0.39 is 40.1 Å². The molecule has 1 aromatic heterocycles. The Labute approximate surface area is 200 Å². The van der Waals surface area contributed by atoms with Crippen LogP contribution < -0.4 is 10.2 Å². The number of nitrogens with zero attached hydrogens (tertiary/aromatic N) is 1. The summed E-state index contributed by atoms with van der Waals surface area (Å²) in [5.74, 6) is -2.92. The summed E-state index contributed by atoms with van der Waals surface area (Å²) in [6.45, 7) is 4.55. The Morgan fingerprint density at radius 3 is 2.41 bits per heavy atom. The molecule has 0 spiro atoms. The number of esters is 2. The second-order valence-electron chi connectivity index (χ2n) is 7.27. The van der Waals surface area contributed by atoms with Gasteiger partial charge in [0.1, 0.15) is 16.4 Å². The summed E-state index contributed by atoms with van der Waals surface area (Å²) in [5, 5.41) is 2.65. The van der Waals surface area contributed by atoms with E-state index in [2.05, 4.69) is 5.32 Å². The van der Waals surface area contributed by atoms with E-state index in [9.17, 15) is 27.6 Å². The molecule has 2 amide bonds. The number of carbonyl (C=O) groups excluding carboxylic acids is 4. The van der Waals surface area contributed by atoms with Gasteiger partial charge in [-0.15, -0.1) is 11.3 Å². The van der Waals surface area contributed by atoms with Crippen LogP contribution in [-0.2, 0) is 28.9 Å². The summed E-state index contributed by atoms with van der Waals surface area (Å²) >= 11 is 0.862. The van der Waals surface area contributed by atoms with Crippen LogP contribution in [0, 0.1) is 6.92 Å². The third kappa shape index (κ3) is 5.12. The van der Waals surface area contributed by atoms with Crippen molar-refractivity contribution in [2.24, 2.45) is 0 Å². The molecule has 0 bridgehead atoms. The lowest BCUT2D eigenvalue weighted by Gasteiger charge is -2.21. The third-order valence-corrected chi connectivity index (χ3v) is 7.96. The summed E-state index contributed by atoms with van der Waals surface area (Å²) in [5.41, 5.74) is 0.438. The Bertz CT molecular complexity index is 1250. The number of anilines is 2. The van der Waals surface area contributed by atoms with Crippen LogP contribution in [0.15, 0.2) is 29.2 Å². The van der Waals surface area contributed by atoms with E-state index in [0.29, 0.717) is 5.56 Å². The van der Waals surface area contributed by atoms with Gasteiger partial charge in [0, 0.05) is 6.42 Å². The van der Waals surface area contributed by atoms with Crippen molar-refractivity contribution >= 4 is 55.6 Å². The van der Waals surface area contributed by atoms with Gasteiger partial charge in [-0.1, -0.05) is 12.1 Å². The topological polar surface area (TPSA) is 136 Å². The fraction of sp³-hybridized carbons (Fsp3) is 0.364. The van der Waals surface area contributed by atoms with Gasteiger partial charge < -0.3 is 19.7 Å². The zero-order valence-electron chi connectivity index (χ0n) is 18.9. The largest absolute Gasteiger partial charge is 0.462 e. The minimum absolute atomic E-state index is 0.0217. The van der Waals surface area contributed by atoms with Crippen molar-refractivity contribution < 1.29 is 37.1 Å². The number of benzene rings is 1. The third-order valence-electron chi connectivity index (χ3n) is 5.02. The predicted molar refractivity (Wildman–Crippen MR) is 125 cm³/mol. The molecule has 2 heterocycles. The first-order valence-electron chi connectivity index (χ1n) is 10.5. The number of rotatable bonds is 7. The molecule has 3 rings (SSSR count). The highest BCUT2D eigenvalue weighted by Crippen LogP contribution is 2.35. The lowest BCUT2D eigenvalue weighted by molar-refractivity contribution is -0.121. The van der Waals surface area contributed by atoms with Crippen molar-refractivity contribution in [1.82, 2.24) is 0 Å². The van der Waals surface area contributed by atoms with Crippen LogP contribution in [0.4, 0.5) is 10.7 Å². The van der Waals surface area contributed by atoms with E-state index >= 15 is 0 Å². The molecule has 2 aromatic rings. The standard InChI is InChI=1S/C22H24N2O8S2/c1-4-31-21(27)18-13(3)19(22(28)32-5-2)33-20(18)23-16(25)12-24-14-8-6-7-9-15(14)34(29,30)11-10-17(24)26/h6-9H,4-5,10-12H2,1-3H3,(H,23,25). The summed E-state index contributed by atoms with van der Waals surface area (Å²) in [4.78, 5) is 51.7. The monoisotopic (exact) mass is 508 g/mol. The Balaban J connectivity index is 1.93. The van der Waals surface area contributed by atoms with E-state index in [4.69, 9.17) is 9.47 Å². The Morgan fingerprint density at radius 1 is 1.09 bits per heavy atom. The number of thiophene rings is 1. The predicted octanol–water partition coefficient (Wildman–Crippen LogP) is 2.56. The van der Waals surface area contributed by atoms with Crippen molar-refractivity contribution in [1.29, 1.82) is 0 Å². The van der Waals surface area contributed by atoms with Crippen molar-refractivity contribution in [3.05, 3.63) is 40.3 Å². The average Bonchev–Trinajstić information content (AvgIpc) is 3.07. The molecule has 0 unspecified atom stereocenters. The average molecular weight is 509 g/mol. The Hall–Kier alpha value is -3.25. The van der Waals surface area contributed by atoms with E-state index in [0.717, 1.165) is 16.2 Å². The van der Waals surface area contributed by atoms with Crippen LogP contribution in [0.3, 0.4) is 0 Å². The fourth-order valence-corrected chi connectivity index (χ4v) is 6.02. The second kappa shape index (κ2) is 10.3. The zero-order chi connectivity index (χ0) is 25.0. The molecule has 0 atom stereocenters. The molecule has 10 nitrogen and oxygen atoms in total. The summed E-state index contributed by atoms with van der Waals surface area (Å²) < 4.78 is 35.1. The van der Waals surface area contributed by atoms with Crippen molar-refractivity contribution in [2.75, 3.05) is 35.7 Å². The maximum Gasteiger partial charge on any atom is 0.348 e. The fourth-order valence-electron chi connectivity index (χ4n) is 3.47. The maximum atomic E-state index is 12.9. The van der Waals surface area contributed by atoms with E-state index in [-0.39, 0.29) is 51.4 Å². The number of hydrogen-bond donors (Lipinski definition) is 1. The van der Waals surface area contributed by atoms with Crippen LogP contribution >= 0.6 is 11.3 Å². The highest BCUT2D eigenvalue weighted by molar-refractivity contribution is 7.91. The van der Waals surface area contributed by atoms with Crippen molar-refractivity contribution in [3.8, 4) is 0 Å². The zero-order valence-corrected chi connectivity index (χ0v) is 20.5. The quantitative estimate of drug-likeness (QED) is 0.564. The van der Waals surface area contributed by atoms with Crippen LogP contribution in [0.1, 0.15) is 45.9 Å². The molecule has 12 heteroatoms. The number of amides is 2. The van der Waals surface area contributed by atoms with Gasteiger partial charge in [-0.05, 0) is 38.5 Å². The first-order valence-corrected chi connectivity index (χ1v) is 13.0. The van der Waals surface area contributed by atoms with Crippen LogP contribution in [0.5, 0.6) is 0 Å². The number of para-hydroxylation sites is 1. The molecule has 0 radical (unpaired) electrons. The Kier molecular flexibility index (Phi) is 7.72. The summed E-state index contributed by atoms with van der Waals surface area (Å²) in [6.07, 6.45) is -0.274. The highest BCUT2D eigenvalue weighted by Gasteiger charge is 2.32. The van der Waals surface area contributed by atoms with Gasteiger partial charge >= 0.3 is 11.9 Å². The van der Waals surface area contributed by atoms with E-state index in [1.165, 1.54) is 12.1 Å².